The van der Waals surface area contributed by atoms with Gasteiger partial charge in [-0.25, -0.2) is 22.7 Å². The van der Waals surface area contributed by atoms with Crippen LogP contribution in [-0.2, 0) is 19.1 Å². The Balaban J connectivity index is 2.42. The quantitative estimate of drug-likeness (QED) is 0.399. The molecule has 3 aromatic carbocycles. The Labute approximate surface area is 186 Å². The number of benzene rings is 3. The molecule has 3 aromatic rings. The summed E-state index contributed by atoms with van der Waals surface area (Å²) in [7, 11) is 2.48. The Morgan fingerprint density at radius 1 is 0.688 bits per heavy atom. The summed E-state index contributed by atoms with van der Waals surface area (Å²) in [4.78, 5) is 31.9. The van der Waals surface area contributed by atoms with E-state index in [1.54, 1.807) is 12.1 Å². The van der Waals surface area contributed by atoms with E-state index in [1.165, 1.54) is 14.2 Å². The molecule has 32 heavy (non-hydrogen) atoms. The van der Waals surface area contributed by atoms with Gasteiger partial charge < -0.3 is 9.47 Å². The van der Waals surface area contributed by atoms with Crippen molar-refractivity contribution in [1.29, 1.82) is 0 Å². The van der Waals surface area contributed by atoms with E-state index in [2.05, 4.69) is 9.69 Å². The molecule has 3 rings (SSSR count). The summed E-state index contributed by atoms with van der Waals surface area (Å²) in [6.45, 7) is 15.3. The molecule has 6 nitrogen and oxygen atoms in total. The molecule has 0 heterocycles. The normalized spacial score (nSPS) is 12.0. The van der Waals surface area contributed by atoms with Gasteiger partial charge in [-0.2, -0.15) is 0 Å². The van der Waals surface area contributed by atoms with Gasteiger partial charge in [0.1, 0.15) is 0 Å². The van der Waals surface area contributed by atoms with Crippen LogP contribution in [0.15, 0.2) is 72.8 Å². The maximum Gasteiger partial charge on any atom is 0.395 e. The fraction of sp³-hybridized carbons (Fsp3) is 0.154. The maximum absolute atomic E-state index is 12.4. The predicted molar refractivity (Wildman–Crippen MR) is 120 cm³/mol. The third-order valence-electron chi connectivity index (χ3n) is 5.09. The average molecular weight is 424 g/mol. The van der Waals surface area contributed by atoms with Gasteiger partial charge in [-0.05, 0) is 34.4 Å². The molecule has 2 atom stereocenters. The van der Waals surface area contributed by atoms with Gasteiger partial charge in [-0.1, -0.05) is 60.7 Å². The molecule has 0 bridgehead atoms. The molecule has 6 heteroatoms. The molecular formula is C26H20N2O4. The first-order valence-corrected chi connectivity index (χ1v) is 9.73. The maximum atomic E-state index is 12.4. The number of hydrogen-bond donors (Lipinski definition) is 0. The predicted octanol–water partition coefficient (Wildman–Crippen LogP) is 5.29. The van der Waals surface area contributed by atoms with Crippen molar-refractivity contribution in [2.75, 3.05) is 14.2 Å². The van der Waals surface area contributed by atoms with Gasteiger partial charge in [0, 0.05) is 0 Å². The molecule has 0 N–H and O–H groups in total. The van der Waals surface area contributed by atoms with Crippen LogP contribution >= 0.6 is 0 Å². The summed E-state index contributed by atoms with van der Waals surface area (Å²) in [5.74, 6) is -1.36. The lowest BCUT2D eigenvalue weighted by Gasteiger charge is -2.17. The highest BCUT2D eigenvalue weighted by molar-refractivity contribution is 5.89. The second-order valence-electron chi connectivity index (χ2n) is 6.87. The van der Waals surface area contributed by atoms with E-state index in [0.29, 0.717) is 22.3 Å². The van der Waals surface area contributed by atoms with Gasteiger partial charge >= 0.3 is 24.0 Å². The van der Waals surface area contributed by atoms with Gasteiger partial charge in [0.05, 0.1) is 25.3 Å². The molecule has 0 aromatic heterocycles. The Morgan fingerprint density at radius 3 is 1.31 bits per heavy atom. The van der Waals surface area contributed by atoms with E-state index in [0.717, 1.165) is 11.1 Å². The fourth-order valence-electron chi connectivity index (χ4n) is 3.54. The average Bonchev–Trinajstić information content (AvgIpc) is 2.85. The van der Waals surface area contributed by atoms with Crippen molar-refractivity contribution < 1.29 is 19.1 Å². The molecule has 0 aliphatic rings. The third kappa shape index (κ3) is 4.35. The third-order valence-corrected chi connectivity index (χ3v) is 5.09. The van der Waals surface area contributed by atoms with Crippen molar-refractivity contribution in [2.45, 2.75) is 12.1 Å². The number of esters is 2. The lowest BCUT2D eigenvalue weighted by molar-refractivity contribution is -0.142. The highest BCUT2D eigenvalue weighted by Crippen LogP contribution is 2.40. The summed E-state index contributed by atoms with van der Waals surface area (Å²) < 4.78 is 9.75. The molecule has 158 valence electrons. The molecule has 0 amide bonds. The SMILES string of the molecule is [C-]#[N+]C(C(=O)OC)c1cc(-c2ccccc2)c(C([N+]#[C-])C(=O)OC)cc1-c1ccccc1. The summed E-state index contributed by atoms with van der Waals surface area (Å²) in [5.41, 5.74) is 3.51. The number of carbonyl (C=O) groups is 2. The molecular weight excluding hydrogens is 404 g/mol. The summed E-state index contributed by atoms with van der Waals surface area (Å²) in [6, 6.07) is 19.4. The molecule has 0 fully saturated rings. The van der Waals surface area contributed by atoms with Crippen LogP contribution < -0.4 is 0 Å². The van der Waals surface area contributed by atoms with Crippen LogP contribution in [0.1, 0.15) is 23.2 Å². The minimum Gasteiger partial charge on any atom is -0.463 e. The lowest BCUT2D eigenvalue weighted by Crippen LogP contribution is -2.15. The van der Waals surface area contributed by atoms with Gasteiger partial charge in [-0.3, -0.25) is 9.69 Å². The zero-order chi connectivity index (χ0) is 23.1. The Kier molecular flexibility index (Phi) is 7.00. The van der Waals surface area contributed by atoms with E-state index in [9.17, 15) is 9.59 Å². The fourth-order valence-corrected chi connectivity index (χ4v) is 3.54. The van der Waals surface area contributed by atoms with Crippen LogP contribution in [0.25, 0.3) is 31.9 Å². The molecule has 0 radical (unpaired) electrons. The molecule has 0 saturated carbocycles. The Bertz CT molecular complexity index is 1110. The molecule has 2 unspecified atom stereocenters. The number of nitrogens with zero attached hydrogens (tertiary/aromatic N) is 2. The highest BCUT2D eigenvalue weighted by Gasteiger charge is 2.35. The van der Waals surface area contributed by atoms with Gasteiger partial charge in [0.15, 0.2) is 0 Å². The number of carbonyl (C=O) groups excluding carboxylic acids is 2. The number of methoxy groups -OCH3 is 2. The zero-order valence-electron chi connectivity index (χ0n) is 17.6. The van der Waals surface area contributed by atoms with E-state index in [1.807, 2.05) is 60.7 Å². The molecule has 0 aliphatic heterocycles. The van der Waals surface area contributed by atoms with E-state index < -0.39 is 24.0 Å². The van der Waals surface area contributed by atoms with Crippen LogP contribution in [0.4, 0.5) is 0 Å². The van der Waals surface area contributed by atoms with E-state index in [4.69, 9.17) is 22.6 Å². The van der Waals surface area contributed by atoms with Crippen molar-refractivity contribution in [3.05, 3.63) is 107 Å². The first-order chi connectivity index (χ1) is 15.5. The standard InChI is InChI=1S/C26H20N2O4/c1-27-23(25(29)31-3)21-15-20(18-13-9-6-10-14-18)22(24(28-2)26(30)32-4)16-19(21)17-11-7-5-8-12-17/h5-16,23-24H,3-4H3. The van der Waals surface area contributed by atoms with Crippen molar-refractivity contribution >= 4 is 11.9 Å². The first-order valence-electron chi connectivity index (χ1n) is 9.73. The Hall–Kier alpha value is -4.42. The van der Waals surface area contributed by atoms with E-state index in [-0.39, 0.29) is 0 Å². The van der Waals surface area contributed by atoms with E-state index >= 15 is 0 Å². The van der Waals surface area contributed by atoms with Crippen LogP contribution in [0.3, 0.4) is 0 Å². The van der Waals surface area contributed by atoms with Crippen molar-refractivity contribution in [2.24, 2.45) is 0 Å². The minimum atomic E-state index is -1.20. The smallest absolute Gasteiger partial charge is 0.395 e. The largest absolute Gasteiger partial charge is 0.463 e. The second kappa shape index (κ2) is 10.1. The van der Waals surface area contributed by atoms with Crippen molar-refractivity contribution in [1.82, 2.24) is 0 Å². The highest BCUT2D eigenvalue weighted by atomic mass is 16.5. The molecule has 0 spiro atoms. The van der Waals surface area contributed by atoms with Crippen LogP contribution in [0, 0.1) is 13.1 Å². The molecule has 0 saturated heterocycles. The lowest BCUT2D eigenvalue weighted by atomic mass is 9.85. The Morgan fingerprint density at radius 2 is 1.03 bits per heavy atom. The van der Waals surface area contributed by atoms with Crippen LogP contribution in [0.5, 0.6) is 0 Å². The summed E-state index contributed by atoms with van der Waals surface area (Å²) in [5, 5.41) is 0. The molecule has 0 aliphatic carbocycles. The second-order valence-corrected chi connectivity index (χ2v) is 6.87. The summed E-state index contributed by atoms with van der Waals surface area (Å²) in [6.07, 6.45) is 0. The number of hydrogen-bond acceptors (Lipinski definition) is 4. The number of ether oxygens (including phenoxy) is 2. The minimum absolute atomic E-state index is 0.439. The zero-order valence-corrected chi connectivity index (χ0v) is 17.6. The van der Waals surface area contributed by atoms with Crippen molar-refractivity contribution in [3.8, 4) is 22.3 Å². The summed E-state index contributed by atoms with van der Waals surface area (Å²) >= 11 is 0. The van der Waals surface area contributed by atoms with Crippen LogP contribution in [-0.4, -0.2) is 26.2 Å². The monoisotopic (exact) mass is 424 g/mol. The van der Waals surface area contributed by atoms with Gasteiger partial charge in [0.2, 0.25) is 0 Å². The first kappa shape index (κ1) is 22.3. The topological polar surface area (TPSA) is 61.3 Å². The van der Waals surface area contributed by atoms with Gasteiger partial charge in [-0.15, -0.1) is 0 Å². The van der Waals surface area contributed by atoms with Crippen LogP contribution in [0.2, 0.25) is 0 Å². The van der Waals surface area contributed by atoms with Gasteiger partial charge in [0.25, 0.3) is 0 Å². The van der Waals surface area contributed by atoms with Crippen molar-refractivity contribution in [3.63, 3.8) is 0 Å². The number of rotatable bonds is 6.